The molecule has 0 amide bonds. The second-order valence-corrected chi connectivity index (χ2v) is 10.5. The molecule has 0 nitrogen and oxygen atoms in total. The molecular weight excluding hydrogens is 352 g/mol. The van der Waals surface area contributed by atoms with Crippen molar-refractivity contribution in [1.82, 2.24) is 0 Å². The van der Waals surface area contributed by atoms with Gasteiger partial charge in [-0.3, -0.25) is 0 Å². The summed E-state index contributed by atoms with van der Waals surface area (Å²) in [6, 6.07) is 13.7. The van der Waals surface area contributed by atoms with Crippen molar-refractivity contribution in [3.63, 3.8) is 0 Å². The average Bonchev–Trinajstić information content (AvgIpc) is 2.58. The van der Waals surface area contributed by atoms with Gasteiger partial charge in [-0.05, 0) is 45.9 Å². The number of benzene rings is 2. The van der Waals surface area contributed by atoms with Gasteiger partial charge in [0.2, 0.25) is 0 Å². The number of hydrogen-bond acceptors (Lipinski definition) is 2. The van der Waals surface area contributed by atoms with E-state index in [1.54, 1.807) is 0 Å². The van der Waals surface area contributed by atoms with Crippen LogP contribution >= 0.6 is 21.6 Å². The van der Waals surface area contributed by atoms with Gasteiger partial charge in [-0.1, -0.05) is 113 Å². The highest BCUT2D eigenvalue weighted by atomic mass is 33.1. The fraction of sp³-hybridized carbons (Fsp3) is 0.500. The minimum atomic E-state index is 0.543. The Balaban J connectivity index is 2.47. The molecule has 0 N–H and O–H groups in total. The molecular formula is C24H34S2. The number of rotatable bonds is 7. The van der Waals surface area contributed by atoms with Crippen molar-refractivity contribution in [2.45, 2.75) is 88.9 Å². The van der Waals surface area contributed by atoms with Crippen LogP contribution in [0.3, 0.4) is 0 Å². The molecule has 2 heteroatoms. The van der Waals surface area contributed by atoms with Crippen LogP contribution in [0.2, 0.25) is 0 Å². The van der Waals surface area contributed by atoms with Crippen molar-refractivity contribution >= 4 is 21.6 Å². The van der Waals surface area contributed by atoms with E-state index in [-0.39, 0.29) is 0 Å². The maximum atomic E-state index is 2.30. The molecule has 0 aliphatic carbocycles. The van der Waals surface area contributed by atoms with Gasteiger partial charge in [-0.2, -0.15) is 0 Å². The van der Waals surface area contributed by atoms with Crippen LogP contribution in [0.1, 0.15) is 101 Å². The van der Waals surface area contributed by atoms with E-state index in [1.165, 1.54) is 32.0 Å². The molecule has 0 unspecified atom stereocenters. The van der Waals surface area contributed by atoms with Crippen LogP contribution in [0, 0.1) is 0 Å². The van der Waals surface area contributed by atoms with Crippen LogP contribution in [0.25, 0.3) is 0 Å². The SMILES string of the molecule is CC(C)c1cccc(C(C)C)c1SSc1c(C(C)C)cccc1C(C)C. The average molecular weight is 387 g/mol. The van der Waals surface area contributed by atoms with Crippen molar-refractivity contribution in [1.29, 1.82) is 0 Å². The summed E-state index contributed by atoms with van der Waals surface area (Å²) >= 11 is 0. The molecule has 0 spiro atoms. The first-order valence-electron chi connectivity index (χ1n) is 9.84. The van der Waals surface area contributed by atoms with Gasteiger partial charge in [0.15, 0.2) is 0 Å². The zero-order chi connectivity index (χ0) is 19.4. The lowest BCUT2D eigenvalue weighted by Crippen LogP contribution is -1.99. The van der Waals surface area contributed by atoms with Gasteiger partial charge in [0.05, 0.1) is 0 Å². The lowest BCUT2D eigenvalue weighted by molar-refractivity contribution is 0.793. The minimum absolute atomic E-state index is 0.543. The second-order valence-electron chi connectivity index (χ2n) is 8.32. The molecule has 0 aliphatic heterocycles. The van der Waals surface area contributed by atoms with Gasteiger partial charge in [0, 0.05) is 9.79 Å². The third kappa shape index (κ3) is 4.89. The Hall–Kier alpha value is -0.860. The smallest absolute Gasteiger partial charge is 0.0255 e. The van der Waals surface area contributed by atoms with E-state index >= 15 is 0 Å². The molecule has 0 atom stereocenters. The summed E-state index contributed by atoms with van der Waals surface area (Å²) in [5.41, 5.74) is 5.90. The molecule has 2 rings (SSSR count). The largest absolute Gasteiger partial charge is 0.0616 e. The van der Waals surface area contributed by atoms with Crippen LogP contribution in [0.4, 0.5) is 0 Å². The third-order valence-electron chi connectivity index (χ3n) is 4.85. The van der Waals surface area contributed by atoms with E-state index in [1.807, 2.05) is 21.6 Å². The predicted molar refractivity (Wildman–Crippen MR) is 121 cm³/mol. The van der Waals surface area contributed by atoms with E-state index in [0.717, 1.165) is 0 Å². The van der Waals surface area contributed by atoms with Crippen LogP contribution in [-0.2, 0) is 0 Å². The molecule has 26 heavy (non-hydrogen) atoms. The van der Waals surface area contributed by atoms with E-state index < -0.39 is 0 Å². The Morgan fingerprint density at radius 1 is 0.462 bits per heavy atom. The maximum absolute atomic E-state index is 2.30. The Morgan fingerprint density at radius 3 is 0.885 bits per heavy atom. The summed E-state index contributed by atoms with van der Waals surface area (Å²) < 4.78 is 0. The Kier molecular flexibility index (Phi) is 7.73. The molecule has 0 heterocycles. The number of hydrogen-bond donors (Lipinski definition) is 0. The Labute approximate surface area is 169 Å². The van der Waals surface area contributed by atoms with Gasteiger partial charge in [0.1, 0.15) is 0 Å². The second kappa shape index (κ2) is 9.37. The Morgan fingerprint density at radius 2 is 0.692 bits per heavy atom. The van der Waals surface area contributed by atoms with Crippen LogP contribution in [0.5, 0.6) is 0 Å². The summed E-state index contributed by atoms with van der Waals surface area (Å²) in [5.74, 6) is 2.17. The summed E-state index contributed by atoms with van der Waals surface area (Å²) in [6.07, 6.45) is 0. The third-order valence-corrected chi connectivity index (χ3v) is 7.46. The van der Waals surface area contributed by atoms with E-state index in [4.69, 9.17) is 0 Å². The standard InChI is InChI=1S/C24H34S2/c1-15(2)19-11-9-12-20(16(3)4)23(19)25-26-24-21(17(5)6)13-10-14-22(24)18(7)8/h9-18H,1-8H3. The van der Waals surface area contributed by atoms with E-state index in [0.29, 0.717) is 23.7 Å². The molecule has 142 valence electrons. The fourth-order valence-electron chi connectivity index (χ4n) is 3.24. The van der Waals surface area contributed by atoms with E-state index in [2.05, 4.69) is 91.8 Å². The summed E-state index contributed by atoms with van der Waals surface area (Å²) in [5, 5.41) is 0. The van der Waals surface area contributed by atoms with Crippen molar-refractivity contribution in [2.75, 3.05) is 0 Å². The summed E-state index contributed by atoms with van der Waals surface area (Å²) in [4.78, 5) is 2.94. The van der Waals surface area contributed by atoms with Crippen LogP contribution in [-0.4, -0.2) is 0 Å². The topological polar surface area (TPSA) is 0 Å². The molecule has 0 saturated heterocycles. The fourth-order valence-corrected chi connectivity index (χ4v) is 6.66. The van der Waals surface area contributed by atoms with Gasteiger partial charge in [0.25, 0.3) is 0 Å². The molecule has 2 aromatic rings. The van der Waals surface area contributed by atoms with Gasteiger partial charge >= 0.3 is 0 Å². The zero-order valence-electron chi connectivity index (χ0n) is 17.6. The highest BCUT2D eigenvalue weighted by Gasteiger charge is 2.18. The van der Waals surface area contributed by atoms with Gasteiger partial charge in [-0.25, -0.2) is 0 Å². The van der Waals surface area contributed by atoms with Crippen molar-refractivity contribution in [2.24, 2.45) is 0 Å². The van der Waals surface area contributed by atoms with Crippen molar-refractivity contribution in [3.8, 4) is 0 Å². The van der Waals surface area contributed by atoms with Gasteiger partial charge in [-0.15, -0.1) is 0 Å². The zero-order valence-corrected chi connectivity index (χ0v) is 19.2. The van der Waals surface area contributed by atoms with Crippen molar-refractivity contribution in [3.05, 3.63) is 58.7 Å². The summed E-state index contributed by atoms with van der Waals surface area (Å²) in [7, 11) is 3.93. The lowest BCUT2D eigenvalue weighted by atomic mass is 9.95. The molecule has 0 aliphatic rings. The Bertz CT molecular complexity index is 611. The minimum Gasteiger partial charge on any atom is -0.0616 e. The van der Waals surface area contributed by atoms with Gasteiger partial charge < -0.3 is 0 Å². The van der Waals surface area contributed by atoms with E-state index in [9.17, 15) is 0 Å². The normalized spacial score (nSPS) is 12.0. The summed E-state index contributed by atoms with van der Waals surface area (Å²) in [6.45, 7) is 18.4. The lowest BCUT2D eigenvalue weighted by Gasteiger charge is -2.21. The molecule has 0 aromatic heterocycles. The first-order chi connectivity index (χ1) is 12.2. The molecule has 0 fully saturated rings. The molecule has 0 radical (unpaired) electrons. The first-order valence-corrected chi connectivity index (χ1v) is 12.0. The molecule has 2 aromatic carbocycles. The molecule has 0 bridgehead atoms. The highest BCUT2D eigenvalue weighted by molar-refractivity contribution is 8.76. The monoisotopic (exact) mass is 386 g/mol. The van der Waals surface area contributed by atoms with Crippen LogP contribution in [0.15, 0.2) is 46.2 Å². The first kappa shape index (κ1) is 21.4. The predicted octanol–water partition coefficient (Wildman–Crippen LogP) is 8.98. The van der Waals surface area contributed by atoms with Crippen molar-refractivity contribution < 1.29 is 0 Å². The highest BCUT2D eigenvalue weighted by Crippen LogP contribution is 2.48. The maximum Gasteiger partial charge on any atom is 0.0255 e. The quantitative estimate of drug-likeness (QED) is 0.435. The molecule has 0 saturated carbocycles. The van der Waals surface area contributed by atoms with Crippen LogP contribution < -0.4 is 0 Å².